The number of nitrogens with zero attached hydrogens (tertiary/aromatic N) is 2. The van der Waals surface area contributed by atoms with Crippen molar-refractivity contribution in [1.29, 1.82) is 0 Å². The second kappa shape index (κ2) is 6.78. The van der Waals surface area contributed by atoms with Crippen LogP contribution in [0.2, 0.25) is 0 Å². The zero-order valence-corrected chi connectivity index (χ0v) is 15.1. The Hall–Kier alpha value is -3.15. The van der Waals surface area contributed by atoms with Gasteiger partial charge >= 0.3 is 6.18 Å². The van der Waals surface area contributed by atoms with Gasteiger partial charge in [-0.3, -0.25) is 0 Å². The van der Waals surface area contributed by atoms with Crippen molar-refractivity contribution in [3.8, 4) is 11.6 Å². The molecular formula is C22H17F3N2O. The maximum atomic E-state index is 12.9. The first-order valence-corrected chi connectivity index (χ1v) is 8.80. The van der Waals surface area contributed by atoms with Crippen LogP contribution in [0.1, 0.15) is 19.0 Å². The molecule has 1 aliphatic rings. The average Bonchev–Trinajstić information content (AvgIpc) is 2.68. The molecule has 0 spiro atoms. The molecule has 1 heterocycles. The highest BCUT2D eigenvalue weighted by molar-refractivity contribution is 5.88. The molecule has 28 heavy (non-hydrogen) atoms. The molecular weight excluding hydrogens is 365 g/mol. The van der Waals surface area contributed by atoms with E-state index < -0.39 is 17.2 Å². The van der Waals surface area contributed by atoms with Gasteiger partial charge in [0, 0.05) is 16.9 Å². The van der Waals surface area contributed by atoms with Crippen molar-refractivity contribution in [2.75, 3.05) is 0 Å². The lowest BCUT2D eigenvalue weighted by molar-refractivity contribution is -0.0887. The van der Waals surface area contributed by atoms with E-state index in [4.69, 9.17) is 4.74 Å². The van der Waals surface area contributed by atoms with Gasteiger partial charge in [0.25, 0.3) is 0 Å². The first-order chi connectivity index (χ1) is 13.4. The molecule has 2 aromatic carbocycles. The Labute approximate surface area is 160 Å². The average molecular weight is 382 g/mol. The zero-order chi connectivity index (χ0) is 19.8. The molecule has 3 nitrogen and oxygen atoms in total. The second-order valence-electron chi connectivity index (χ2n) is 6.93. The lowest BCUT2D eigenvalue weighted by Crippen LogP contribution is -2.24. The van der Waals surface area contributed by atoms with Gasteiger partial charge in [-0.15, -0.1) is 0 Å². The third-order valence-corrected chi connectivity index (χ3v) is 4.90. The van der Waals surface area contributed by atoms with E-state index in [9.17, 15) is 13.2 Å². The summed E-state index contributed by atoms with van der Waals surface area (Å²) in [7, 11) is 0. The number of benzene rings is 2. The van der Waals surface area contributed by atoms with Gasteiger partial charge in [-0.05, 0) is 17.9 Å². The molecule has 0 fully saturated rings. The van der Waals surface area contributed by atoms with E-state index in [0.717, 1.165) is 16.8 Å². The normalized spacial score (nSPS) is 19.5. The van der Waals surface area contributed by atoms with Crippen molar-refractivity contribution in [3.05, 3.63) is 84.4 Å². The first kappa shape index (κ1) is 18.2. The Morgan fingerprint density at radius 2 is 1.82 bits per heavy atom. The lowest BCUT2D eigenvalue weighted by Gasteiger charge is -2.28. The van der Waals surface area contributed by atoms with E-state index in [1.54, 1.807) is 12.1 Å². The molecule has 1 unspecified atom stereocenters. The number of fused-ring (bicyclic) bond motifs is 1. The summed E-state index contributed by atoms with van der Waals surface area (Å²) in [6, 6.07) is 15.3. The lowest BCUT2D eigenvalue weighted by atomic mass is 9.79. The Balaban J connectivity index is 1.62. The first-order valence-electron chi connectivity index (χ1n) is 8.80. The van der Waals surface area contributed by atoms with Gasteiger partial charge in [-0.25, -0.2) is 9.97 Å². The predicted molar refractivity (Wildman–Crippen MR) is 101 cm³/mol. The minimum Gasteiger partial charge on any atom is -0.438 e. The fourth-order valence-corrected chi connectivity index (χ4v) is 3.24. The van der Waals surface area contributed by atoms with Crippen molar-refractivity contribution in [2.45, 2.75) is 24.9 Å². The molecule has 142 valence electrons. The van der Waals surface area contributed by atoms with Gasteiger partial charge < -0.3 is 4.74 Å². The molecule has 1 aliphatic carbocycles. The molecule has 0 amide bonds. The minimum atomic E-state index is -4.34. The summed E-state index contributed by atoms with van der Waals surface area (Å²) in [6.07, 6.45) is 1.08. The van der Waals surface area contributed by atoms with Crippen LogP contribution in [0.4, 0.5) is 13.2 Å². The second-order valence-corrected chi connectivity index (χ2v) is 6.93. The van der Waals surface area contributed by atoms with E-state index in [1.807, 2.05) is 49.4 Å². The number of halogens is 3. The number of hydrogen-bond donors (Lipinski definition) is 0. The molecule has 0 radical (unpaired) electrons. The Morgan fingerprint density at radius 1 is 1.04 bits per heavy atom. The van der Waals surface area contributed by atoms with Crippen LogP contribution in [-0.4, -0.2) is 16.1 Å². The van der Waals surface area contributed by atoms with E-state index in [-0.39, 0.29) is 6.42 Å². The minimum absolute atomic E-state index is 0.197. The van der Waals surface area contributed by atoms with Gasteiger partial charge in [-0.2, -0.15) is 13.2 Å². The fraction of sp³-hybridized carbons (Fsp3) is 0.182. The van der Waals surface area contributed by atoms with Crippen LogP contribution in [-0.2, 0) is 5.41 Å². The molecule has 3 aromatic rings. The Morgan fingerprint density at radius 3 is 2.57 bits per heavy atom. The number of aromatic nitrogens is 2. The molecule has 4 rings (SSSR count). The maximum Gasteiger partial charge on any atom is 0.416 e. The van der Waals surface area contributed by atoms with Gasteiger partial charge in [0.2, 0.25) is 5.88 Å². The molecule has 6 heteroatoms. The van der Waals surface area contributed by atoms with Crippen LogP contribution in [0.5, 0.6) is 11.6 Å². The largest absolute Gasteiger partial charge is 0.438 e. The molecule has 0 saturated heterocycles. The van der Waals surface area contributed by atoms with E-state index in [2.05, 4.69) is 9.97 Å². The topological polar surface area (TPSA) is 35.0 Å². The van der Waals surface area contributed by atoms with Crippen molar-refractivity contribution >= 4 is 10.8 Å². The van der Waals surface area contributed by atoms with Crippen LogP contribution in [0.15, 0.2) is 78.7 Å². The van der Waals surface area contributed by atoms with Crippen molar-refractivity contribution in [2.24, 2.45) is 0 Å². The van der Waals surface area contributed by atoms with Gasteiger partial charge in [0.1, 0.15) is 12.1 Å². The van der Waals surface area contributed by atoms with E-state index in [1.165, 1.54) is 12.4 Å². The van der Waals surface area contributed by atoms with Gasteiger partial charge in [0.15, 0.2) is 0 Å². The SMILES string of the molecule is CC1(c2cc(Oc3cccc4ccccc34)ncn2)C=CC(C(F)(F)F)=CC1. The number of ether oxygens (including phenoxy) is 1. The zero-order valence-electron chi connectivity index (χ0n) is 15.1. The van der Waals surface area contributed by atoms with Crippen LogP contribution >= 0.6 is 0 Å². The maximum absolute atomic E-state index is 12.9. The number of allylic oxidation sites excluding steroid dienone is 4. The highest BCUT2D eigenvalue weighted by atomic mass is 19.4. The monoisotopic (exact) mass is 382 g/mol. The molecule has 0 N–H and O–H groups in total. The molecule has 1 atom stereocenters. The summed E-state index contributed by atoms with van der Waals surface area (Å²) in [4.78, 5) is 8.44. The van der Waals surface area contributed by atoms with E-state index >= 15 is 0 Å². The summed E-state index contributed by atoms with van der Waals surface area (Å²) in [6.45, 7) is 1.84. The van der Waals surface area contributed by atoms with Crippen molar-refractivity contribution in [1.82, 2.24) is 9.97 Å². The summed E-state index contributed by atoms with van der Waals surface area (Å²) in [5.74, 6) is 1.01. The van der Waals surface area contributed by atoms with Gasteiger partial charge in [0.05, 0.1) is 11.3 Å². The van der Waals surface area contributed by atoms with Crippen LogP contribution < -0.4 is 4.74 Å². The molecule has 0 saturated carbocycles. The third kappa shape index (κ3) is 3.50. The van der Waals surface area contributed by atoms with E-state index in [0.29, 0.717) is 17.3 Å². The summed E-state index contributed by atoms with van der Waals surface area (Å²) in [5, 5.41) is 1.99. The quantitative estimate of drug-likeness (QED) is 0.547. The smallest absolute Gasteiger partial charge is 0.416 e. The van der Waals surface area contributed by atoms with Crippen LogP contribution in [0, 0.1) is 0 Å². The molecule has 1 aromatic heterocycles. The number of alkyl halides is 3. The standard InChI is InChI=1S/C22H17F3N2O/c1-21(11-9-16(10-12-21)22(23,24)25)19-13-20(27-14-26-19)28-18-8-4-6-15-5-2-3-7-17(15)18/h2-11,13-14H,12H2,1H3. The fourth-order valence-electron chi connectivity index (χ4n) is 3.24. The highest BCUT2D eigenvalue weighted by Gasteiger charge is 2.36. The van der Waals surface area contributed by atoms with Crippen molar-refractivity contribution < 1.29 is 17.9 Å². The summed E-state index contributed by atoms with van der Waals surface area (Å²) >= 11 is 0. The predicted octanol–water partition coefficient (Wildman–Crippen LogP) is 6.13. The number of rotatable bonds is 3. The molecule has 0 aliphatic heterocycles. The van der Waals surface area contributed by atoms with Crippen LogP contribution in [0.3, 0.4) is 0 Å². The summed E-state index contributed by atoms with van der Waals surface area (Å²) < 4.78 is 44.6. The molecule has 0 bridgehead atoms. The highest BCUT2D eigenvalue weighted by Crippen LogP contribution is 2.38. The number of hydrogen-bond acceptors (Lipinski definition) is 3. The Kier molecular flexibility index (Phi) is 4.41. The third-order valence-electron chi connectivity index (χ3n) is 4.90. The van der Waals surface area contributed by atoms with Crippen LogP contribution in [0.25, 0.3) is 10.8 Å². The Bertz CT molecular complexity index is 1080. The van der Waals surface area contributed by atoms with Crippen molar-refractivity contribution in [3.63, 3.8) is 0 Å². The van der Waals surface area contributed by atoms with Gasteiger partial charge in [-0.1, -0.05) is 61.5 Å². The summed E-state index contributed by atoms with van der Waals surface area (Å²) in [5.41, 5.74) is -0.688.